The van der Waals surface area contributed by atoms with E-state index in [-0.39, 0.29) is 12.2 Å². The SMILES string of the molecule is OC1CCC(C2(C3CCC(O)CC3)CCC3CCCCC3C2)CC1. The Bertz CT molecular complexity index is 382. The van der Waals surface area contributed by atoms with Crippen molar-refractivity contribution in [2.45, 2.75) is 109 Å². The predicted octanol–water partition coefficient (Wildman–Crippen LogP) is 5.07. The summed E-state index contributed by atoms with van der Waals surface area (Å²) in [6.45, 7) is 0. The van der Waals surface area contributed by atoms with Gasteiger partial charge in [-0.15, -0.1) is 0 Å². The maximum absolute atomic E-state index is 10.0. The third-order valence-corrected chi connectivity index (χ3v) is 8.71. The minimum Gasteiger partial charge on any atom is -0.393 e. The Hall–Kier alpha value is -0.0800. The smallest absolute Gasteiger partial charge is 0.0540 e. The lowest BCUT2D eigenvalue weighted by Crippen LogP contribution is -2.48. The fourth-order valence-electron chi connectivity index (χ4n) is 7.35. The van der Waals surface area contributed by atoms with Gasteiger partial charge >= 0.3 is 0 Å². The molecule has 4 aliphatic rings. The fraction of sp³-hybridized carbons (Fsp3) is 1.00. The van der Waals surface area contributed by atoms with Gasteiger partial charge in [0.25, 0.3) is 0 Å². The van der Waals surface area contributed by atoms with Gasteiger partial charge in [0.1, 0.15) is 0 Å². The Morgan fingerprint density at radius 1 is 0.542 bits per heavy atom. The molecule has 0 aromatic rings. The molecule has 0 saturated heterocycles. The van der Waals surface area contributed by atoms with Crippen LogP contribution in [0.4, 0.5) is 0 Å². The molecule has 4 fully saturated rings. The van der Waals surface area contributed by atoms with Crippen LogP contribution < -0.4 is 0 Å². The van der Waals surface area contributed by atoms with Crippen LogP contribution >= 0.6 is 0 Å². The van der Waals surface area contributed by atoms with E-state index >= 15 is 0 Å². The molecule has 2 N–H and O–H groups in total. The molecule has 4 rings (SSSR count). The maximum atomic E-state index is 10.0. The van der Waals surface area contributed by atoms with Crippen LogP contribution in [0.1, 0.15) is 96.3 Å². The van der Waals surface area contributed by atoms with Gasteiger partial charge in [0.05, 0.1) is 12.2 Å². The Kier molecular flexibility index (Phi) is 5.25. The number of aliphatic hydroxyl groups excluding tert-OH is 2. The van der Waals surface area contributed by atoms with Gasteiger partial charge in [0.2, 0.25) is 0 Å². The van der Waals surface area contributed by atoms with Gasteiger partial charge in [-0.25, -0.2) is 0 Å². The first kappa shape index (κ1) is 17.3. The molecule has 0 aromatic carbocycles. The molecule has 24 heavy (non-hydrogen) atoms. The van der Waals surface area contributed by atoms with E-state index in [1.54, 1.807) is 0 Å². The lowest BCUT2D eigenvalue weighted by atomic mass is 9.49. The Labute approximate surface area is 148 Å². The van der Waals surface area contributed by atoms with Crippen LogP contribution in [0, 0.1) is 29.1 Å². The van der Waals surface area contributed by atoms with Gasteiger partial charge < -0.3 is 10.2 Å². The fourth-order valence-corrected chi connectivity index (χ4v) is 7.35. The largest absolute Gasteiger partial charge is 0.393 e. The van der Waals surface area contributed by atoms with Crippen LogP contribution in [-0.2, 0) is 0 Å². The summed E-state index contributed by atoms with van der Waals surface area (Å²) in [5.41, 5.74) is 0.554. The highest BCUT2D eigenvalue weighted by molar-refractivity contribution is 5.01. The third-order valence-electron chi connectivity index (χ3n) is 8.71. The summed E-state index contributed by atoms with van der Waals surface area (Å²) in [5.74, 6) is 3.72. The number of hydrogen-bond acceptors (Lipinski definition) is 2. The van der Waals surface area contributed by atoms with Crippen LogP contribution in [0.15, 0.2) is 0 Å². The topological polar surface area (TPSA) is 40.5 Å². The number of hydrogen-bond donors (Lipinski definition) is 2. The zero-order valence-corrected chi connectivity index (χ0v) is 15.5. The van der Waals surface area contributed by atoms with Crippen molar-refractivity contribution in [2.24, 2.45) is 29.1 Å². The van der Waals surface area contributed by atoms with Crippen LogP contribution in [0.2, 0.25) is 0 Å². The molecule has 0 spiro atoms. The molecular weight excluding hydrogens is 296 g/mol. The molecule has 4 aliphatic carbocycles. The Morgan fingerprint density at radius 3 is 1.58 bits per heavy atom. The van der Waals surface area contributed by atoms with Crippen molar-refractivity contribution in [1.82, 2.24) is 0 Å². The number of rotatable bonds is 2. The van der Waals surface area contributed by atoms with E-state index in [1.807, 2.05) is 0 Å². The minimum atomic E-state index is -0.0301. The third kappa shape index (κ3) is 3.30. The average Bonchev–Trinajstić information content (AvgIpc) is 2.62. The molecule has 138 valence electrons. The molecule has 0 heterocycles. The Balaban J connectivity index is 1.55. The summed E-state index contributed by atoms with van der Waals surface area (Å²) in [7, 11) is 0. The zero-order valence-electron chi connectivity index (χ0n) is 15.5. The van der Waals surface area contributed by atoms with Crippen molar-refractivity contribution >= 4 is 0 Å². The summed E-state index contributed by atoms with van der Waals surface area (Å²) >= 11 is 0. The molecule has 2 atom stereocenters. The molecule has 0 aromatic heterocycles. The minimum absolute atomic E-state index is 0.0301. The maximum Gasteiger partial charge on any atom is 0.0540 e. The van der Waals surface area contributed by atoms with E-state index in [9.17, 15) is 10.2 Å². The second-order valence-corrected chi connectivity index (χ2v) is 9.79. The molecule has 0 bridgehead atoms. The monoisotopic (exact) mass is 334 g/mol. The van der Waals surface area contributed by atoms with Crippen LogP contribution in [0.5, 0.6) is 0 Å². The first-order chi connectivity index (χ1) is 11.7. The van der Waals surface area contributed by atoms with E-state index in [1.165, 1.54) is 70.6 Å². The second kappa shape index (κ2) is 7.27. The predicted molar refractivity (Wildman–Crippen MR) is 97.7 cm³/mol. The standard InChI is InChI=1S/C22H38O2/c23-20-9-5-18(6-10-20)22(19-7-11-21(24)12-8-19)14-13-16-3-1-2-4-17(16)15-22/h16-21,23-24H,1-15H2. The summed E-state index contributed by atoms with van der Waals surface area (Å²) < 4.78 is 0. The van der Waals surface area contributed by atoms with E-state index in [0.717, 1.165) is 49.4 Å². The normalized spacial score (nSPS) is 50.2. The van der Waals surface area contributed by atoms with E-state index < -0.39 is 0 Å². The summed E-state index contributed by atoms with van der Waals surface area (Å²) in [5, 5.41) is 20.0. The lowest BCUT2D eigenvalue weighted by Gasteiger charge is -2.56. The first-order valence-corrected chi connectivity index (χ1v) is 11.0. The number of aliphatic hydroxyl groups is 2. The average molecular weight is 335 g/mol. The molecular formula is C22H38O2. The quantitative estimate of drug-likeness (QED) is 0.740. The van der Waals surface area contributed by atoms with Gasteiger partial charge in [-0.05, 0) is 99.7 Å². The summed E-state index contributed by atoms with van der Waals surface area (Å²) in [6, 6.07) is 0. The summed E-state index contributed by atoms with van der Waals surface area (Å²) in [6.07, 6.45) is 19.5. The molecule has 0 radical (unpaired) electrons. The molecule has 0 amide bonds. The first-order valence-electron chi connectivity index (χ1n) is 11.0. The van der Waals surface area contributed by atoms with Gasteiger partial charge in [-0.2, -0.15) is 0 Å². The molecule has 2 nitrogen and oxygen atoms in total. The number of fused-ring (bicyclic) bond motifs is 1. The molecule has 0 aliphatic heterocycles. The molecule has 2 unspecified atom stereocenters. The van der Waals surface area contributed by atoms with Crippen molar-refractivity contribution < 1.29 is 10.2 Å². The van der Waals surface area contributed by atoms with E-state index in [4.69, 9.17) is 0 Å². The van der Waals surface area contributed by atoms with Crippen molar-refractivity contribution in [1.29, 1.82) is 0 Å². The van der Waals surface area contributed by atoms with Gasteiger partial charge in [0, 0.05) is 0 Å². The van der Waals surface area contributed by atoms with Crippen LogP contribution in [-0.4, -0.2) is 22.4 Å². The van der Waals surface area contributed by atoms with Crippen molar-refractivity contribution in [3.8, 4) is 0 Å². The molecule has 4 saturated carbocycles. The van der Waals surface area contributed by atoms with Crippen molar-refractivity contribution in [2.75, 3.05) is 0 Å². The molecule has 2 heteroatoms. The summed E-state index contributed by atoms with van der Waals surface area (Å²) in [4.78, 5) is 0. The van der Waals surface area contributed by atoms with Crippen molar-refractivity contribution in [3.05, 3.63) is 0 Å². The Morgan fingerprint density at radius 2 is 1.04 bits per heavy atom. The highest BCUT2D eigenvalue weighted by Crippen LogP contribution is 2.60. The zero-order chi connectivity index (χ0) is 16.6. The van der Waals surface area contributed by atoms with Gasteiger partial charge in [0.15, 0.2) is 0 Å². The van der Waals surface area contributed by atoms with Crippen molar-refractivity contribution in [3.63, 3.8) is 0 Å². The highest BCUT2D eigenvalue weighted by atomic mass is 16.3. The van der Waals surface area contributed by atoms with Crippen LogP contribution in [0.3, 0.4) is 0 Å². The van der Waals surface area contributed by atoms with E-state index in [0.29, 0.717) is 5.41 Å². The van der Waals surface area contributed by atoms with E-state index in [2.05, 4.69) is 0 Å². The second-order valence-electron chi connectivity index (χ2n) is 9.79. The highest BCUT2D eigenvalue weighted by Gasteiger charge is 2.51. The van der Waals surface area contributed by atoms with Gasteiger partial charge in [-0.1, -0.05) is 25.7 Å². The van der Waals surface area contributed by atoms with Gasteiger partial charge in [-0.3, -0.25) is 0 Å². The van der Waals surface area contributed by atoms with Crippen LogP contribution in [0.25, 0.3) is 0 Å². The lowest BCUT2D eigenvalue weighted by molar-refractivity contribution is -0.0769.